The van der Waals surface area contributed by atoms with E-state index < -0.39 is 0 Å². The first-order valence-electron chi connectivity index (χ1n) is 5.81. The average Bonchev–Trinajstić information content (AvgIpc) is 2.65. The molecular formula is C12H20N2OS. The number of aryl methyl sites for hydroxylation is 1. The molecule has 1 aliphatic heterocycles. The molecule has 4 heteroatoms. The monoisotopic (exact) mass is 240 g/mol. The van der Waals surface area contributed by atoms with E-state index in [9.17, 15) is 0 Å². The van der Waals surface area contributed by atoms with Crippen molar-refractivity contribution in [1.82, 2.24) is 5.32 Å². The molecule has 0 radical (unpaired) electrons. The van der Waals surface area contributed by atoms with Crippen molar-refractivity contribution in [2.75, 3.05) is 19.8 Å². The molecule has 0 spiro atoms. The van der Waals surface area contributed by atoms with Crippen molar-refractivity contribution in [3.05, 3.63) is 21.9 Å². The topological polar surface area (TPSA) is 47.3 Å². The Morgan fingerprint density at radius 1 is 1.44 bits per heavy atom. The number of rotatable bonds is 4. The lowest BCUT2D eigenvalue weighted by atomic mass is 9.91. The average molecular weight is 240 g/mol. The Morgan fingerprint density at radius 3 is 2.81 bits per heavy atom. The van der Waals surface area contributed by atoms with Crippen LogP contribution in [-0.4, -0.2) is 25.3 Å². The Hall–Kier alpha value is -0.420. The number of thiophene rings is 1. The van der Waals surface area contributed by atoms with E-state index in [4.69, 9.17) is 10.5 Å². The van der Waals surface area contributed by atoms with E-state index in [0.717, 1.165) is 39.1 Å². The fourth-order valence-corrected chi connectivity index (χ4v) is 2.83. The van der Waals surface area contributed by atoms with Gasteiger partial charge in [-0.05, 0) is 31.9 Å². The van der Waals surface area contributed by atoms with Gasteiger partial charge in [-0.3, -0.25) is 0 Å². The molecule has 1 aromatic heterocycles. The maximum absolute atomic E-state index is 6.29. The summed E-state index contributed by atoms with van der Waals surface area (Å²) in [5.74, 6) is 0. The van der Waals surface area contributed by atoms with Crippen molar-refractivity contribution in [2.45, 2.75) is 31.8 Å². The predicted molar refractivity (Wildman–Crippen MR) is 67.7 cm³/mol. The molecule has 3 nitrogen and oxygen atoms in total. The van der Waals surface area contributed by atoms with Gasteiger partial charge in [0.1, 0.15) is 0 Å². The van der Waals surface area contributed by atoms with Gasteiger partial charge in [-0.2, -0.15) is 0 Å². The first kappa shape index (κ1) is 12.0. The van der Waals surface area contributed by atoms with Gasteiger partial charge in [0.05, 0.1) is 0 Å². The first-order chi connectivity index (χ1) is 7.68. The molecule has 1 aromatic rings. The maximum Gasteiger partial charge on any atom is 0.0484 e. The van der Waals surface area contributed by atoms with E-state index in [0.29, 0.717) is 0 Å². The third kappa shape index (κ3) is 3.28. The number of nitrogens with one attached hydrogen (secondary N) is 1. The van der Waals surface area contributed by atoms with Gasteiger partial charge in [-0.15, -0.1) is 11.3 Å². The van der Waals surface area contributed by atoms with Crippen LogP contribution in [0.2, 0.25) is 0 Å². The molecule has 90 valence electrons. The summed E-state index contributed by atoms with van der Waals surface area (Å²) in [7, 11) is 0. The number of nitrogens with two attached hydrogens (primary N) is 1. The van der Waals surface area contributed by atoms with Crippen LogP contribution in [-0.2, 0) is 11.3 Å². The van der Waals surface area contributed by atoms with Gasteiger partial charge in [0, 0.05) is 41.6 Å². The first-order valence-corrected chi connectivity index (χ1v) is 6.62. The minimum atomic E-state index is -0.0649. The summed E-state index contributed by atoms with van der Waals surface area (Å²) in [5.41, 5.74) is 6.22. The van der Waals surface area contributed by atoms with Gasteiger partial charge < -0.3 is 15.8 Å². The van der Waals surface area contributed by atoms with Crippen molar-refractivity contribution < 1.29 is 4.74 Å². The molecule has 2 heterocycles. The molecule has 0 aliphatic carbocycles. The van der Waals surface area contributed by atoms with Crippen molar-refractivity contribution in [2.24, 2.45) is 5.73 Å². The zero-order chi connectivity index (χ0) is 11.4. The highest BCUT2D eigenvalue weighted by Gasteiger charge is 2.27. The van der Waals surface area contributed by atoms with Crippen LogP contribution in [0.4, 0.5) is 0 Å². The van der Waals surface area contributed by atoms with E-state index in [1.807, 2.05) is 11.3 Å². The molecule has 3 N–H and O–H groups in total. The molecule has 1 saturated heterocycles. The van der Waals surface area contributed by atoms with Crippen LogP contribution in [0, 0.1) is 6.92 Å². The second kappa shape index (κ2) is 5.27. The summed E-state index contributed by atoms with van der Waals surface area (Å²) in [5, 5.41) is 3.46. The number of hydrogen-bond donors (Lipinski definition) is 2. The molecule has 2 rings (SSSR count). The summed E-state index contributed by atoms with van der Waals surface area (Å²) in [6.07, 6.45) is 1.92. The van der Waals surface area contributed by atoms with E-state index in [-0.39, 0.29) is 5.54 Å². The van der Waals surface area contributed by atoms with E-state index in [1.54, 1.807) is 0 Å². The molecule has 16 heavy (non-hydrogen) atoms. The minimum Gasteiger partial charge on any atom is -0.381 e. The minimum absolute atomic E-state index is 0.0649. The Labute approximate surface area is 101 Å². The molecule has 0 atom stereocenters. The maximum atomic E-state index is 6.29. The van der Waals surface area contributed by atoms with Crippen LogP contribution in [0.3, 0.4) is 0 Å². The highest BCUT2D eigenvalue weighted by molar-refractivity contribution is 7.11. The Balaban J connectivity index is 1.74. The lowest BCUT2D eigenvalue weighted by molar-refractivity contribution is 0.0531. The lowest BCUT2D eigenvalue weighted by Crippen LogP contribution is -2.52. The molecule has 1 aliphatic rings. The zero-order valence-corrected chi connectivity index (χ0v) is 10.6. The summed E-state index contributed by atoms with van der Waals surface area (Å²) in [6, 6.07) is 4.34. The molecule has 0 aromatic carbocycles. The van der Waals surface area contributed by atoms with Crippen LogP contribution < -0.4 is 11.1 Å². The largest absolute Gasteiger partial charge is 0.381 e. The second-order valence-electron chi connectivity index (χ2n) is 4.59. The molecular weight excluding hydrogens is 220 g/mol. The van der Waals surface area contributed by atoms with Crippen molar-refractivity contribution >= 4 is 11.3 Å². The number of hydrogen-bond acceptors (Lipinski definition) is 4. The van der Waals surface area contributed by atoms with E-state index in [2.05, 4.69) is 24.4 Å². The molecule has 0 amide bonds. The van der Waals surface area contributed by atoms with Gasteiger partial charge in [-0.25, -0.2) is 0 Å². The van der Waals surface area contributed by atoms with Crippen LogP contribution >= 0.6 is 11.3 Å². The Morgan fingerprint density at radius 2 is 2.19 bits per heavy atom. The second-order valence-corrected chi connectivity index (χ2v) is 5.96. The third-order valence-electron chi connectivity index (χ3n) is 3.06. The highest BCUT2D eigenvalue weighted by Crippen LogP contribution is 2.18. The number of ether oxygens (including phenoxy) is 1. The van der Waals surface area contributed by atoms with Crippen LogP contribution in [0.15, 0.2) is 12.1 Å². The summed E-state index contributed by atoms with van der Waals surface area (Å²) < 4.78 is 5.33. The molecule has 0 unspecified atom stereocenters. The lowest BCUT2D eigenvalue weighted by Gasteiger charge is -2.33. The predicted octanol–water partition coefficient (Wildman–Crippen LogP) is 1.65. The van der Waals surface area contributed by atoms with Crippen molar-refractivity contribution in [1.29, 1.82) is 0 Å². The third-order valence-corrected chi connectivity index (χ3v) is 4.06. The van der Waals surface area contributed by atoms with Gasteiger partial charge in [0.2, 0.25) is 0 Å². The summed E-state index contributed by atoms with van der Waals surface area (Å²) in [4.78, 5) is 2.75. The summed E-state index contributed by atoms with van der Waals surface area (Å²) >= 11 is 1.85. The van der Waals surface area contributed by atoms with E-state index >= 15 is 0 Å². The fraction of sp³-hybridized carbons (Fsp3) is 0.667. The fourth-order valence-electron chi connectivity index (χ4n) is 1.97. The Bertz CT molecular complexity index is 332. The molecule has 1 fully saturated rings. The van der Waals surface area contributed by atoms with Gasteiger partial charge in [0.25, 0.3) is 0 Å². The van der Waals surface area contributed by atoms with Gasteiger partial charge >= 0.3 is 0 Å². The van der Waals surface area contributed by atoms with Crippen LogP contribution in [0.1, 0.15) is 22.6 Å². The summed E-state index contributed by atoms with van der Waals surface area (Å²) in [6.45, 7) is 5.55. The van der Waals surface area contributed by atoms with Gasteiger partial charge in [0.15, 0.2) is 0 Å². The van der Waals surface area contributed by atoms with E-state index in [1.165, 1.54) is 9.75 Å². The van der Waals surface area contributed by atoms with Crippen LogP contribution in [0.5, 0.6) is 0 Å². The zero-order valence-electron chi connectivity index (χ0n) is 9.79. The highest BCUT2D eigenvalue weighted by atomic mass is 32.1. The van der Waals surface area contributed by atoms with Crippen LogP contribution in [0.25, 0.3) is 0 Å². The SMILES string of the molecule is Cc1ccc(CNCC2(N)CCOCC2)s1. The quantitative estimate of drug-likeness (QED) is 0.841. The smallest absolute Gasteiger partial charge is 0.0484 e. The van der Waals surface area contributed by atoms with Crippen molar-refractivity contribution in [3.8, 4) is 0 Å². The normalized spacial score (nSPS) is 19.9. The van der Waals surface area contributed by atoms with Crippen molar-refractivity contribution in [3.63, 3.8) is 0 Å². The Kier molecular flexibility index (Phi) is 3.97. The van der Waals surface area contributed by atoms with Gasteiger partial charge in [-0.1, -0.05) is 0 Å². The molecule has 0 saturated carbocycles. The standard InChI is InChI=1S/C12H20N2OS/c1-10-2-3-11(16-10)8-14-9-12(13)4-6-15-7-5-12/h2-3,14H,4-9,13H2,1H3. The molecule has 0 bridgehead atoms.